The van der Waals surface area contributed by atoms with Crippen LogP contribution in [0.25, 0.3) is 0 Å². The molecule has 92 valence electrons. The highest BCUT2D eigenvalue weighted by atomic mass is 28.3. The van der Waals surface area contributed by atoms with Crippen LogP contribution in [0.1, 0.15) is 18.1 Å². The number of rotatable bonds is 4. The molecule has 1 rings (SSSR count). The number of nitriles is 1. The molecule has 0 aliphatic heterocycles. The molecule has 0 spiro atoms. The van der Waals surface area contributed by atoms with Gasteiger partial charge in [0.05, 0.1) is 26.7 Å². The van der Waals surface area contributed by atoms with Crippen LogP contribution in [0.15, 0.2) is 24.3 Å². The quantitative estimate of drug-likeness (QED) is 0.796. The zero-order valence-corrected chi connectivity index (χ0v) is 11.5. The molecule has 17 heavy (non-hydrogen) atoms. The predicted octanol–water partition coefficient (Wildman–Crippen LogP) is 1.54. The smallest absolute Gasteiger partial charge is 0.106 e. The van der Waals surface area contributed by atoms with Gasteiger partial charge in [-0.05, 0) is 5.56 Å². The SMILES string of the molecule is C[Si](C)(C)c1ccc(C(O)C(O)CC#N)cc1. The summed E-state index contributed by atoms with van der Waals surface area (Å²) in [6.07, 6.45) is -2.06. The van der Waals surface area contributed by atoms with Gasteiger partial charge in [0.15, 0.2) is 0 Å². The molecule has 2 unspecified atom stereocenters. The van der Waals surface area contributed by atoms with E-state index in [4.69, 9.17) is 5.26 Å². The van der Waals surface area contributed by atoms with E-state index in [1.165, 1.54) is 5.19 Å². The maximum absolute atomic E-state index is 9.82. The summed E-state index contributed by atoms with van der Waals surface area (Å²) in [6.45, 7) is 6.76. The molecule has 3 nitrogen and oxygen atoms in total. The standard InChI is InChI=1S/C13H19NO2Si/c1-17(2,3)11-6-4-10(5-7-11)13(16)12(15)8-9-14/h4-7,12-13,15-16H,8H2,1-3H3. The Balaban J connectivity index is 2.85. The molecule has 0 radical (unpaired) electrons. The summed E-state index contributed by atoms with van der Waals surface area (Å²) in [6, 6.07) is 9.52. The molecule has 0 bridgehead atoms. The van der Waals surface area contributed by atoms with Crippen molar-refractivity contribution in [2.45, 2.75) is 38.3 Å². The third-order valence-corrected chi connectivity index (χ3v) is 4.85. The van der Waals surface area contributed by atoms with Crippen molar-refractivity contribution in [3.8, 4) is 6.07 Å². The molecule has 0 amide bonds. The molecule has 2 atom stereocenters. The molecular weight excluding hydrogens is 230 g/mol. The van der Waals surface area contributed by atoms with Crippen LogP contribution in [0.3, 0.4) is 0 Å². The molecule has 0 saturated carbocycles. The minimum absolute atomic E-state index is 0.0586. The van der Waals surface area contributed by atoms with Crippen LogP contribution in [0, 0.1) is 11.3 Å². The Morgan fingerprint density at radius 2 is 1.71 bits per heavy atom. The van der Waals surface area contributed by atoms with Crippen LogP contribution < -0.4 is 5.19 Å². The van der Waals surface area contributed by atoms with Crippen molar-refractivity contribution in [1.82, 2.24) is 0 Å². The number of benzene rings is 1. The van der Waals surface area contributed by atoms with E-state index in [-0.39, 0.29) is 6.42 Å². The molecule has 0 aromatic heterocycles. The summed E-state index contributed by atoms with van der Waals surface area (Å²) in [5.74, 6) is 0. The van der Waals surface area contributed by atoms with Gasteiger partial charge in [0, 0.05) is 0 Å². The Hall–Kier alpha value is -1.15. The molecule has 0 aliphatic rings. The van der Waals surface area contributed by atoms with Crippen LogP contribution in [-0.4, -0.2) is 24.4 Å². The summed E-state index contributed by atoms with van der Waals surface area (Å²) in [5, 5.41) is 29.1. The third-order valence-electron chi connectivity index (χ3n) is 2.78. The number of aliphatic hydroxyl groups excluding tert-OH is 2. The molecule has 0 saturated heterocycles. The van der Waals surface area contributed by atoms with Crippen molar-refractivity contribution < 1.29 is 10.2 Å². The minimum Gasteiger partial charge on any atom is -0.389 e. The zero-order chi connectivity index (χ0) is 13.1. The zero-order valence-electron chi connectivity index (χ0n) is 10.5. The second-order valence-corrected chi connectivity index (χ2v) is 10.3. The fourth-order valence-electron chi connectivity index (χ4n) is 1.61. The van der Waals surface area contributed by atoms with Gasteiger partial charge in [-0.3, -0.25) is 0 Å². The van der Waals surface area contributed by atoms with Crippen molar-refractivity contribution in [3.63, 3.8) is 0 Å². The van der Waals surface area contributed by atoms with E-state index in [0.717, 1.165) is 0 Å². The first-order valence-corrected chi connectivity index (χ1v) is 9.20. The minimum atomic E-state index is -1.33. The maximum Gasteiger partial charge on any atom is 0.106 e. The molecular formula is C13H19NO2Si. The monoisotopic (exact) mass is 249 g/mol. The van der Waals surface area contributed by atoms with Gasteiger partial charge >= 0.3 is 0 Å². The number of hydrogen-bond acceptors (Lipinski definition) is 3. The van der Waals surface area contributed by atoms with Gasteiger partial charge in [0.25, 0.3) is 0 Å². The fourth-order valence-corrected chi connectivity index (χ4v) is 2.77. The lowest BCUT2D eigenvalue weighted by atomic mass is 10.0. The summed E-state index contributed by atoms with van der Waals surface area (Å²) >= 11 is 0. The van der Waals surface area contributed by atoms with Crippen LogP contribution >= 0.6 is 0 Å². The van der Waals surface area contributed by atoms with Gasteiger partial charge in [-0.25, -0.2) is 0 Å². The highest BCUT2D eigenvalue weighted by Gasteiger charge is 2.20. The average Bonchev–Trinajstić information content (AvgIpc) is 2.27. The van der Waals surface area contributed by atoms with E-state index in [1.54, 1.807) is 0 Å². The molecule has 0 heterocycles. The summed E-state index contributed by atoms with van der Waals surface area (Å²) in [5.41, 5.74) is 0.662. The van der Waals surface area contributed by atoms with E-state index in [1.807, 2.05) is 30.3 Å². The van der Waals surface area contributed by atoms with Gasteiger partial charge in [-0.2, -0.15) is 5.26 Å². The van der Waals surface area contributed by atoms with E-state index in [2.05, 4.69) is 19.6 Å². The topological polar surface area (TPSA) is 64.2 Å². The largest absolute Gasteiger partial charge is 0.389 e. The highest BCUT2D eigenvalue weighted by Crippen LogP contribution is 2.18. The van der Waals surface area contributed by atoms with E-state index < -0.39 is 20.3 Å². The normalized spacial score (nSPS) is 15.1. The Bertz CT molecular complexity index is 403. The Kier molecular flexibility index (Phi) is 4.46. The van der Waals surface area contributed by atoms with Crippen molar-refractivity contribution in [1.29, 1.82) is 5.26 Å². The van der Waals surface area contributed by atoms with Gasteiger partial charge in [-0.1, -0.05) is 49.1 Å². The molecule has 2 N–H and O–H groups in total. The van der Waals surface area contributed by atoms with Gasteiger partial charge < -0.3 is 10.2 Å². The van der Waals surface area contributed by atoms with E-state index in [9.17, 15) is 10.2 Å². The first kappa shape index (κ1) is 13.9. The van der Waals surface area contributed by atoms with Crippen LogP contribution in [0.4, 0.5) is 0 Å². The number of aliphatic hydroxyl groups is 2. The molecule has 1 aromatic rings. The second-order valence-electron chi connectivity index (χ2n) is 5.25. The first-order valence-electron chi connectivity index (χ1n) is 5.70. The lowest BCUT2D eigenvalue weighted by Crippen LogP contribution is -2.37. The number of nitrogens with zero attached hydrogens (tertiary/aromatic N) is 1. The van der Waals surface area contributed by atoms with Gasteiger partial charge in [0.1, 0.15) is 6.10 Å². The molecule has 0 fully saturated rings. The van der Waals surface area contributed by atoms with Crippen LogP contribution in [-0.2, 0) is 0 Å². The van der Waals surface area contributed by atoms with Crippen molar-refractivity contribution in [2.75, 3.05) is 0 Å². The highest BCUT2D eigenvalue weighted by molar-refractivity contribution is 6.88. The second kappa shape index (κ2) is 5.45. The first-order chi connectivity index (χ1) is 7.86. The summed E-state index contributed by atoms with van der Waals surface area (Å²) in [4.78, 5) is 0. The van der Waals surface area contributed by atoms with Crippen LogP contribution in [0.5, 0.6) is 0 Å². The van der Waals surface area contributed by atoms with E-state index in [0.29, 0.717) is 5.56 Å². The summed E-state index contributed by atoms with van der Waals surface area (Å²) in [7, 11) is -1.33. The van der Waals surface area contributed by atoms with Gasteiger partial charge in [0.2, 0.25) is 0 Å². The lowest BCUT2D eigenvalue weighted by Gasteiger charge is -2.19. The van der Waals surface area contributed by atoms with Crippen LogP contribution in [0.2, 0.25) is 19.6 Å². The molecule has 0 aliphatic carbocycles. The Labute approximate surface area is 103 Å². The van der Waals surface area contributed by atoms with Crippen molar-refractivity contribution in [3.05, 3.63) is 29.8 Å². The maximum atomic E-state index is 9.82. The molecule has 1 aromatic carbocycles. The van der Waals surface area contributed by atoms with Crippen molar-refractivity contribution in [2.24, 2.45) is 0 Å². The average molecular weight is 249 g/mol. The Morgan fingerprint density at radius 1 is 1.18 bits per heavy atom. The summed E-state index contributed by atoms with van der Waals surface area (Å²) < 4.78 is 0. The predicted molar refractivity (Wildman–Crippen MR) is 70.6 cm³/mol. The Morgan fingerprint density at radius 3 is 2.12 bits per heavy atom. The fraction of sp³-hybridized carbons (Fsp3) is 0.462. The molecule has 4 heteroatoms. The third kappa shape index (κ3) is 3.67. The van der Waals surface area contributed by atoms with Gasteiger partial charge in [-0.15, -0.1) is 0 Å². The van der Waals surface area contributed by atoms with E-state index >= 15 is 0 Å². The lowest BCUT2D eigenvalue weighted by molar-refractivity contribution is 0.0216. The number of hydrogen-bond donors (Lipinski definition) is 2. The van der Waals surface area contributed by atoms with Crippen molar-refractivity contribution >= 4 is 13.3 Å².